The highest BCUT2D eigenvalue weighted by atomic mass is 35.5. The van der Waals surface area contributed by atoms with Gasteiger partial charge in [0.1, 0.15) is 5.75 Å². The molecule has 0 radical (unpaired) electrons. The van der Waals surface area contributed by atoms with E-state index in [2.05, 4.69) is 5.92 Å². The maximum atomic E-state index is 5.88. The van der Waals surface area contributed by atoms with E-state index >= 15 is 0 Å². The van der Waals surface area contributed by atoms with Crippen LogP contribution >= 0.6 is 11.6 Å². The molecule has 0 fully saturated rings. The van der Waals surface area contributed by atoms with Crippen molar-refractivity contribution in [3.8, 4) is 18.1 Å². The third-order valence-corrected chi connectivity index (χ3v) is 2.20. The lowest BCUT2D eigenvalue weighted by Crippen LogP contribution is -2.08. The number of rotatable bonds is 4. The zero-order chi connectivity index (χ0) is 11.3. The van der Waals surface area contributed by atoms with Crippen LogP contribution in [0.1, 0.15) is 24.9 Å². The maximum absolute atomic E-state index is 5.88. The first-order valence-electron chi connectivity index (χ1n) is 4.76. The number of ether oxygens (including phenoxy) is 1. The average molecular weight is 224 g/mol. The Hall–Kier alpha value is -1.17. The predicted molar refractivity (Wildman–Crippen MR) is 63.0 cm³/mol. The summed E-state index contributed by atoms with van der Waals surface area (Å²) >= 11 is 5.88. The van der Waals surface area contributed by atoms with Crippen LogP contribution in [0.5, 0.6) is 5.75 Å². The largest absolute Gasteiger partial charge is 0.492 e. The summed E-state index contributed by atoms with van der Waals surface area (Å²) in [6.45, 7) is 2.39. The fraction of sp³-hybridized carbons (Fsp3) is 0.333. The SMILES string of the molecule is C#CCCOc1ccc(Cl)cc1[C@@H](C)N. The molecule has 0 saturated carbocycles. The molecule has 0 unspecified atom stereocenters. The van der Waals surface area contributed by atoms with E-state index in [0.29, 0.717) is 18.1 Å². The molecule has 3 heteroatoms. The molecule has 0 spiro atoms. The number of terminal acetylenes is 1. The fourth-order valence-electron chi connectivity index (χ4n) is 1.23. The van der Waals surface area contributed by atoms with Crippen LogP contribution < -0.4 is 10.5 Å². The van der Waals surface area contributed by atoms with Crippen molar-refractivity contribution in [3.63, 3.8) is 0 Å². The van der Waals surface area contributed by atoms with Gasteiger partial charge in [-0.15, -0.1) is 12.3 Å². The third-order valence-electron chi connectivity index (χ3n) is 1.97. The van der Waals surface area contributed by atoms with Gasteiger partial charge in [-0.1, -0.05) is 11.6 Å². The lowest BCUT2D eigenvalue weighted by atomic mass is 10.1. The van der Waals surface area contributed by atoms with E-state index < -0.39 is 0 Å². The van der Waals surface area contributed by atoms with Gasteiger partial charge in [0.25, 0.3) is 0 Å². The van der Waals surface area contributed by atoms with Crippen molar-refractivity contribution in [3.05, 3.63) is 28.8 Å². The molecule has 80 valence electrons. The van der Waals surface area contributed by atoms with Crippen molar-refractivity contribution in [1.82, 2.24) is 0 Å². The minimum Gasteiger partial charge on any atom is -0.492 e. The molecular formula is C12H14ClNO. The molecule has 2 N–H and O–H groups in total. The van der Waals surface area contributed by atoms with Gasteiger partial charge in [0.2, 0.25) is 0 Å². The van der Waals surface area contributed by atoms with E-state index in [1.165, 1.54) is 0 Å². The van der Waals surface area contributed by atoms with Crippen molar-refractivity contribution in [2.24, 2.45) is 5.73 Å². The van der Waals surface area contributed by atoms with Crippen LogP contribution in [0, 0.1) is 12.3 Å². The van der Waals surface area contributed by atoms with Crippen LogP contribution in [0.15, 0.2) is 18.2 Å². The van der Waals surface area contributed by atoms with Gasteiger partial charge < -0.3 is 10.5 Å². The standard InChI is InChI=1S/C12H14ClNO/c1-3-4-7-15-12-6-5-10(13)8-11(12)9(2)14/h1,5-6,8-9H,4,7,14H2,2H3/t9-/m1/s1. The Labute approximate surface area is 95.4 Å². The molecule has 1 rings (SSSR count). The molecule has 2 nitrogen and oxygen atoms in total. The van der Waals surface area contributed by atoms with E-state index in [0.717, 1.165) is 11.3 Å². The van der Waals surface area contributed by atoms with Crippen LogP contribution in [0.4, 0.5) is 0 Å². The predicted octanol–water partition coefficient (Wildman–Crippen LogP) is 2.76. The summed E-state index contributed by atoms with van der Waals surface area (Å²) in [6.07, 6.45) is 5.72. The van der Waals surface area contributed by atoms with Crippen LogP contribution in [0.3, 0.4) is 0 Å². The molecule has 0 aliphatic rings. The summed E-state index contributed by atoms with van der Waals surface area (Å²) < 4.78 is 5.51. The summed E-state index contributed by atoms with van der Waals surface area (Å²) in [4.78, 5) is 0. The second-order valence-corrected chi connectivity index (χ2v) is 3.71. The molecule has 0 amide bonds. The van der Waals surface area contributed by atoms with E-state index in [9.17, 15) is 0 Å². The molecule has 0 aliphatic carbocycles. The topological polar surface area (TPSA) is 35.2 Å². The molecule has 0 aromatic heterocycles. The van der Waals surface area contributed by atoms with Gasteiger partial charge in [0, 0.05) is 23.0 Å². The molecule has 1 aromatic rings. The Morgan fingerprint density at radius 1 is 1.60 bits per heavy atom. The summed E-state index contributed by atoms with van der Waals surface area (Å²) in [6, 6.07) is 5.30. The Balaban J connectivity index is 2.82. The van der Waals surface area contributed by atoms with Gasteiger partial charge in [-0.05, 0) is 25.1 Å². The molecule has 15 heavy (non-hydrogen) atoms. The number of halogens is 1. The zero-order valence-electron chi connectivity index (χ0n) is 8.66. The van der Waals surface area contributed by atoms with Crippen molar-refractivity contribution in [2.75, 3.05) is 6.61 Å². The molecule has 0 bridgehead atoms. The van der Waals surface area contributed by atoms with E-state index in [1.807, 2.05) is 19.1 Å². The minimum atomic E-state index is -0.107. The van der Waals surface area contributed by atoms with Gasteiger partial charge >= 0.3 is 0 Å². The average Bonchev–Trinajstić information content (AvgIpc) is 2.20. The maximum Gasteiger partial charge on any atom is 0.124 e. The highest BCUT2D eigenvalue weighted by Gasteiger charge is 2.08. The molecule has 0 saturated heterocycles. The summed E-state index contributed by atoms with van der Waals surface area (Å²) in [5.74, 6) is 3.27. The lowest BCUT2D eigenvalue weighted by molar-refractivity contribution is 0.322. The number of benzene rings is 1. The first-order chi connectivity index (χ1) is 7.15. The lowest BCUT2D eigenvalue weighted by Gasteiger charge is -2.13. The Morgan fingerprint density at radius 2 is 2.33 bits per heavy atom. The number of nitrogens with two attached hydrogens (primary N) is 1. The van der Waals surface area contributed by atoms with Crippen molar-refractivity contribution in [1.29, 1.82) is 0 Å². The van der Waals surface area contributed by atoms with E-state index in [-0.39, 0.29) is 6.04 Å². The quantitative estimate of drug-likeness (QED) is 0.629. The Morgan fingerprint density at radius 3 is 2.93 bits per heavy atom. The van der Waals surface area contributed by atoms with Gasteiger partial charge in [-0.2, -0.15) is 0 Å². The Kier molecular flexibility index (Phi) is 4.48. The minimum absolute atomic E-state index is 0.107. The molecule has 0 aliphatic heterocycles. The molecule has 0 heterocycles. The fourth-order valence-corrected chi connectivity index (χ4v) is 1.41. The smallest absolute Gasteiger partial charge is 0.124 e. The first kappa shape index (κ1) is 11.9. The summed E-state index contributed by atoms with van der Waals surface area (Å²) in [5.41, 5.74) is 6.71. The van der Waals surface area contributed by atoms with Gasteiger partial charge in [0.15, 0.2) is 0 Å². The van der Waals surface area contributed by atoms with Crippen molar-refractivity contribution in [2.45, 2.75) is 19.4 Å². The van der Waals surface area contributed by atoms with Gasteiger partial charge in [0.05, 0.1) is 6.61 Å². The highest BCUT2D eigenvalue weighted by Crippen LogP contribution is 2.27. The number of hydrogen-bond donors (Lipinski definition) is 1. The van der Waals surface area contributed by atoms with Crippen LogP contribution in [0.2, 0.25) is 5.02 Å². The monoisotopic (exact) mass is 223 g/mol. The second kappa shape index (κ2) is 5.65. The molecular weight excluding hydrogens is 210 g/mol. The van der Waals surface area contributed by atoms with Crippen molar-refractivity contribution >= 4 is 11.6 Å². The van der Waals surface area contributed by atoms with E-state index in [4.69, 9.17) is 28.5 Å². The third kappa shape index (κ3) is 3.47. The van der Waals surface area contributed by atoms with Gasteiger partial charge in [-0.25, -0.2) is 0 Å². The normalized spacial score (nSPS) is 11.9. The Bertz CT molecular complexity index is 368. The highest BCUT2D eigenvalue weighted by molar-refractivity contribution is 6.30. The van der Waals surface area contributed by atoms with E-state index in [1.54, 1.807) is 6.07 Å². The van der Waals surface area contributed by atoms with Crippen molar-refractivity contribution < 1.29 is 4.74 Å². The molecule has 1 aromatic carbocycles. The summed E-state index contributed by atoms with van der Waals surface area (Å²) in [7, 11) is 0. The van der Waals surface area contributed by atoms with Crippen LogP contribution in [-0.2, 0) is 0 Å². The molecule has 1 atom stereocenters. The van der Waals surface area contributed by atoms with Gasteiger partial charge in [-0.3, -0.25) is 0 Å². The zero-order valence-corrected chi connectivity index (χ0v) is 9.42. The van der Waals surface area contributed by atoms with Crippen LogP contribution in [0.25, 0.3) is 0 Å². The summed E-state index contributed by atoms with van der Waals surface area (Å²) in [5, 5.41) is 0.659. The van der Waals surface area contributed by atoms with Crippen LogP contribution in [-0.4, -0.2) is 6.61 Å². The number of hydrogen-bond acceptors (Lipinski definition) is 2. The first-order valence-corrected chi connectivity index (χ1v) is 5.14. The second-order valence-electron chi connectivity index (χ2n) is 3.27.